The van der Waals surface area contributed by atoms with Gasteiger partial charge in [0.25, 0.3) is 0 Å². The Morgan fingerprint density at radius 3 is 2.53 bits per heavy atom. The Labute approximate surface area is 172 Å². The first-order valence-corrected chi connectivity index (χ1v) is 9.63. The van der Waals surface area contributed by atoms with E-state index in [4.69, 9.17) is 4.74 Å². The molecule has 2 aromatic rings. The Morgan fingerprint density at radius 2 is 1.93 bits per heavy atom. The summed E-state index contributed by atoms with van der Waals surface area (Å²) >= 11 is 0. The quantitative estimate of drug-likeness (QED) is 0.743. The zero-order chi connectivity index (χ0) is 21.7. The maximum absolute atomic E-state index is 13.1. The second-order valence-corrected chi connectivity index (χ2v) is 7.21. The summed E-state index contributed by atoms with van der Waals surface area (Å²) in [5.74, 6) is 0.263. The number of rotatable bonds is 7. The van der Waals surface area contributed by atoms with E-state index >= 15 is 0 Å². The van der Waals surface area contributed by atoms with Gasteiger partial charge in [-0.15, -0.1) is 0 Å². The number of halogens is 3. The zero-order valence-corrected chi connectivity index (χ0v) is 16.5. The van der Waals surface area contributed by atoms with E-state index in [1.165, 1.54) is 12.1 Å². The lowest BCUT2D eigenvalue weighted by molar-refractivity contribution is -0.137. The number of hydrogen-bond donors (Lipinski definition) is 1. The van der Waals surface area contributed by atoms with Gasteiger partial charge in [0.05, 0.1) is 25.1 Å². The van der Waals surface area contributed by atoms with Crippen molar-refractivity contribution in [2.45, 2.75) is 31.5 Å². The topological polar surface area (TPSA) is 58.6 Å². The van der Waals surface area contributed by atoms with E-state index in [0.717, 1.165) is 17.7 Å². The fourth-order valence-electron chi connectivity index (χ4n) is 3.46. The molecule has 8 heteroatoms. The second-order valence-electron chi connectivity index (χ2n) is 7.21. The fraction of sp³-hybridized carbons (Fsp3) is 0.364. The molecular formula is C22H23F3N2O3. The molecule has 2 aromatic carbocycles. The van der Waals surface area contributed by atoms with Crippen LogP contribution in [0.2, 0.25) is 0 Å². The Morgan fingerprint density at radius 1 is 1.20 bits per heavy atom. The smallest absolute Gasteiger partial charge is 0.416 e. The summed E-state index contributed by atoms with van der Waals surface area (Å²) in [5.41, 5.74) is 0.267. The van der Waals surface area contributed by atoms with Crippen LogP contribution in [-0.4, -0.2) is 36.9 Å². The van der Waals surface area contributed by atoms with E-state index in [1.807, 2.05) is 0 Å². The van der Waals surface area contributed by atoms with Crippen molar-refractivity contribution in [2.24, 2.45) is 0 Å². The minimum Gasteiger partial charge on any atom is -0.497 e. The average Bonchev–Trinajstić information content (AvgIpc) is 3.12. The molecule has 30 heavy (non-hydrogen) atoms. The summed E-state index contributed by atoms with van der Waals surface area (Å²) in [4.78, 5) is 26.2. The van der Waals surface area contributed by atoms with Gasteiger partial charge in [0.1, 0.15) is 5.75 Å². The Bertz CT molecular complexity index is 897. The lowest BCUT2D eigenvalue weighted by atomic mass is 10.0. The molecule has 0 aliphatic carbocycles. The van der Waals surface area contributed by atoms with Gasteiger partial charge in [-0.25, -0.2) is 0 Å². The van der Waals surface area contributed by atoms with E-state index in [9.17, 15) is 22.8 Å². The van der Waals surface area contributed by atoms with Crippen molar-refractivity contribution >= 4 is 11.8 Å². The van der Waals surface area contributed by atoms with Crippen LogP contribution in [-0.2, 0) is 22.2 Å². The summed E-state index contributed by atoms with van der Waals surface area (Å²) in [7, 11) is 1.54. The van der Waals surface area contributed by atoms with Crippen molar-refractivity contribution in [1.82, 2.24) is 10.2 Å². The molecule has 1 aliphatic rings. The van der Waals surface area contributed by atoms with Crippen molar-refractivity contribution in [3.05, 3.63) is 65.2 Å². The van der Waals surface area contributed by atoms with Gasteiger partial charge in [-0.1, -0.05) is 24.3 Å². The highest BCUT2D eigenvalue weighted by atomic mass is 19.4. The molecule has 1 fully saturated rings. The third-order valence-electron chi connectivity index (χ3n) is 5.05. The largest absolute Gasteiger partial charge is 0.497 e. The van der Waals surface area contributed by atoms with Crippen LogP contribution < -0.4 is 10.1 Å². The number of nitrogens with one attached hydrogen (secondary N) is 1. The van der Waals surface area contributed by atoms with Crippen molar-refractivity contribution in [2.75, 3.05) is 20.2 Å². The van der Waals surface area contributed by atoms with Crippen LogP contribution in [0.4, 0.5) is 13.2 Å². The van der Waals surface area contributed by atoms with Crippen LogP contribution in [0, 0.1) is 0 Å². The number of ether oxygens (including phenoxy) is 1. The molecule has 5 nitrogen and oxygen atoms in total. The van der Waals surface area contributed by atoms with Crippen LogP contribution in [0.25, 0.3) is 0 Å². The number of benzene rings is 2. The van der Waals surface area contributed by atoms with Gasteiger partial charge >= 0.3 is 6.18 Å². The minimum atomic E-state index is -4.49. The Kier molecular flexibility index (Phi) is 6.64. The molecule has 0 radical (unpaired) electrons. The first-order chi connectivity index (χ1) is 14.3. The highest BCUT2D eigenvalue weighted by Crippen LogP contribution is 2.31. The molecule has 1 heterocycles. The van der Waals surface area contributed by atoms with Crippen LogP contribution in [0.3, 0.4) is 0 Å². The third-order valence-corrected chi connectivity index (χ3v) is 5.05. The van der Waals surface area contributed by atoms with E-state index in [2.05, 4.69) is 5.32 Å². The number of hydrogen-bond acceptors (Lipinski definition) is 3. The maximum atomic E-state index is 13.1. The molecule has 2 amide bonds. The highest BCUT2D eigenvalue weighted by molar-refractivity contribution is 5.80. The molecule has 0 saturated carbocycles. The number of methoxy groups -OCH3 is 1. The molecule has 160 valence electrons. The van der Waals surface area contributed by atoms with Gasteiger partial charge in [0.15, 0.2) is 0 Å². The maximum Gasteiger partial charge on any atom is 0.416 e. The Hall–Kier alpha value is -3.03. The summed E-state index contributed by atoms with van der Waals surface area (Å²) in [6.45, 7) is 0.664. The number of amides is 2. The van der Waals surface area contributed by atoms with E-state index in [-0.39, 0.29) is 24.8 Å². The summed E-state index contributed by atoms with van der Waals surface area (Å²) in [6, 6.07) is 11.1. The van der Waals surface area contributed by atoms with Crippen LogP contribution >= 0.6 is 0 Å². The molecule has 0 bridgehead atoms. The monoisotopic (exact) mass is 420 g/mol. The van der Waals surface area contributed by atoms with Gasteiger partial charge in [-0.3, -0.25) is 9.59 Å². The van der Waals surface area contributed by atoms with E-state index < -0.39 is 17.8 Å². The van der Waals surface area contributed by atoms with Gasteiger partial charge < -0.3 is 15.0 Å². The third kappa shape index (κ3) is 5.52. The standard InChI is InChI=1S/C22H23F3N2O3/c1-30-18-9-7-15(8-10-18)12-20(28)26-19(14-27-11-3-6-21(27)29)16-4-2-5-17(13-16)22(23,24)25/h2,4-5,7-10,13,19H,3,6,11-12,14H2,1H3,(H,26,28)/t19-/m0/s1. The fourth-order valence-corrected chi connectivity index (χ4v) is 3.46. The Balaban J connectivity index is 1.78. The van der Waals surface area contributed by atoms with E-state index in [1.54, 1.807) is 36.3 Å². The van der Waals surface area contributed by atoms with Crippen LogP contribution in [0.1, 0.15) is 35.6 Å². The molecule has 1 saturated heterocycles. The molecule has 0 unspecified atom stereocenters. The predicted molar refractivity (Wildman–Crippen MR) is 105 cm³/mol. The lowest BCUT2D eigenvalue weighted by Gasteiger charge is -2.26. The van der Waals surface area contributed by atoms with Crippen molar-refractivity contribution in [3.8, 4) is 5.75 Å². The van der Waals surface area contributed by atoms with Crippen molar-refractivity contribution in [3.63, 3.8) is 0 Å². The molecule has 1 N–H and O–H groups in total. The number of carbonyl (C=O) groups is 2. The van der Waals surface area contributed by atoms with E-state index in [0.29, 0.717) is 30.7 Å². The molecular weight excluding hydrogens is 397 g/mol. The zero-order valence-electron chi connectivity index (χ0n) is 16.5. The summed E-state index contributed by atoms with van der Waals surface area (Å²) in [5, 5.41) is 2.81. The SMILES string of the molecule is COc1ccc(CC(=O)N[C@@H](CN2CCCC2=O)c2cccc(C(F)(F)F)c2)cc1. The lowest BCUT2D eigenvalue weighted by Crippen LogP contribution is -2.39. The minimum absolute atomic E-state index is 0.0589. The van der Waals surface area contributed by atoms with Crippen molar-refractivity contribution in [1.29, 1.82) is 0 Å². The van der Waals surface area contributed by atoms with Gasteiger partial charge in [0.2, 0.25) is 11.8 Å². The number of likely N-dealkylation sites (tertiary alicyclic amines) is 1. The normalized spacial score (nSPS) is 15.2. The first kappa shape index (κ1) is 21.7. The molecule has 0 aromatic heterocycles. The number of alkyl halides is 3. The summed E-state index contributed by atoms with van der Waals surface area (Å²) < 4.78 is 44.5. The molecule has 1 aliphatic heterocycles. The second kappa shape index (κ2) is 9.19. The van der Waals surface area contributed by atoms with Gasteiger partial charge in [-0.2, -0.15) is 13.2 Å². The van der Waals surface area contributed by atoms with Crippen molar-refractivity contribution < 1.29 is 27.5 Å². The van der Waals surface area contributed by atoms with Gasteiger partial charge in [0, 0.05) is 19.5 Å². The first-order valence-electron chi connectivity index (χ1n) is 9.63. The predicted octanol–water partition coefficient (Wildman–Crippen LogP) is 3.74. The average molecular weight is 420 g/mol. The number of nitrogens with zero attached hydrogens (tertiary/aromatic N) is 1. The highest BCUT2D eigenvalue weighted by Gasteiger charge is 2.32. The van der Waals surface area contributed by atoms with Crippen LogP contribution in [0.5, 0.6) is 5.75 Å². The molecule has 1 atom stereocenters. The van der Waals surface area contributed by atoms with Crippen LogP contribution in [0.15, 0.2) is 48.5 Å². The van der Waals surface area contributed by atoms with Gasteiger partial charge in [-0.05, 0) is 41.8 Å². The molecule has 0 spiro atoms. The number of carbonyl (C=O) groups excluding carboxylic acids is 2. The molecule has 3 rings (SSSR count). The summed E-state index contributed by atoms with van der Waals surface area (Å²) in [6.07, 6.45) is -3.31.